The minimum atomic E-state index is -4.40. The van der Waals surface area contributed by atoms with Crippen molar-refractivity contribution in [3.05, 3.63) is 60.8 Å². The number of quaternary nitrogens is 1. The SMILES string of the molecule is CC/C=C\C/C=C\C/C=C\C/C=C\CCCCCCCCCCCCCCCCCCCCCCCCCCCCCCC(=O)OC(COC(=O)CCCCCCCCCCCCCCCCCCCCCCCCC/C=C\CCCCCCCCCC)COP(=O)(O)OCC[N+](C)(C)C. The van der Waals surface area contributed by atoms with Gasteiger partial charge in [-0.05, 0) is 77.0 Å². The van der Waals surface area contributed by atoms with Crippen molar-refractivity contribution in [2.24, 2.45) is 0 Å². The summed E-state index contributed by atoms with van der Waals surface area (Å²) in [5.41, 5.74) is 0. The number of hydrogen-bond donors (Lipinski definition) is 1. The molecule has 0 spiro atoms. The van der Waals surface area contributed by atoms with E-state index in [9.17, 15) is 19.0 Å². The van der Waals surface area contributed by atoms with Crippen molar-refractivity contribution >= 4 is 19.8 Å². The molecule has 10 heteroatoms. The quantitative estimate of drug-likeness (QED) is 0.0211. The molecular weight excluding hydrogens is 1250 g/mol. The van der Waals surface area contributed by atoms with Gasteiger partial charge in [0.25, 0.3) is 0 Å². The third-order valence-electron chi connectivity index (χ3n) is 20.0. The number of esters is 2. The zero-order valence-electron chi connectivity index (χ0n) is 67.5. The zero-order valence-corrected chi connectivity index (χ0v) is 68.4. The van der Waals surface area contributed by atoms with Gasteiger partial charge >= 0.3 is 19.8 Å². The van der Waals surface area contributed by atoms with Crippen LogP contribution in [-0.2, 0) is 32.7 Å². The molecule has 0 aliphatic rings. The summed E-state index contributed by atoms with van der Waals surface area (Å²) in [6.45, 7) is 4.40. The van der Waals surface area contributed by atoms with Crippen LogP contribution in [0.1, 0.15) is 450 Å². The predicted molar refractivity (Wildman–Crippen MR) is 436 cm³/mol. The number of nitrogens with zero attached hydrogens (tertiary/aromatic N) is 1. The van der Waals surface area contributed by atoms with Crippen molar-refractivity contribution in [2.75, 3.05) is 47.5 Å². The number of rotatable bonds is 83. The molecule has 588 valence electrons. The Bertz CT molecular complexity index is 1870. The minimum absolute atomic E-state index is 0.0351. The summed E-state index contributed by atoms with van der Waals surface area (Å²) in [7, 11) is 1.50. The molecule has 0 heterocycles. The number of hydrogen-bond acceptors (Lipinski definition) is 7. The molecule has 0 aromatic rings. The first-order chi connectivity index (χ1) is 49.0. The van der Waals surface area contributed by atoms with Crippen LogP contribution in [0.25, 0.3) is 0 Å². The summed E-state index contributed by atoms with van der Waals surface area (Å²) in [6.07, 6.45) is 110. The molecule has 100 heavy (non-hydrogen) atoms. The summed E-state index contributed by atoms with van der Waals surface area (Å²) < 4.78 is 34.9. The number of likely N-dealkylation sites (N-methyl/N-ethyl adjacent to an activating group) is 1. The van der Waals surface area contributed by atoms with Crippen LogP contribution in [0.3, 0.4) is 0 Å². The summed E-state index contributed by atoms with van der Waals surface area (Å²) >= 11 is 0. The molecule has 0 aromatic heterocycles. The predicted octanol–water partition coefficient (Wildman–Crippen LogP) is 29.6. The van der Waals surface area contributed by atoms with Gasteiger partial charge in [0.05, 0.1) is 27.7 Å². The Morgan fingerprint density at radius 1 is 0.320 bits per heavy atom. The van der Waals surface area contributed by atoms with Gasteiger partial charge in [0.1, 0.15) is 19.8 Å². The Balaban J connectivity index is 3.84. The van der Waals surface area contributed by atoms with Crippen LogP contribution in [-0.4, -0.2) is 74.9 Å². The Labute approximate surface area is 623 Å². The lowest BCUT2D eigenvalue weighted by molar-refractivity contribution is -0.870. The standard InChI is InChI=1S/C90H170NO8P/c1-6-8-10-12-14-16-18-20-22-24-26-28-30-32-34-36-38-40-42-43-44-45-46-47-49-51-53-55-57-59-61-63-65-67-69-71-73-75-77-79-81-83-90(93)99-88(87-98-100(94,95)97-85-84-91(3,4)5)86-96-89(92)82-80-78-76-74-72-70-68-66-64-62-60-58-56-54-52-50-48-41-39-37-35-33-31-29-27-25-23-21-19-17-15-13-11-9-7-2/h8,10,14,16,20,22,25-28,88H,6-7,9,11-13,15,17-19,21,23-24,29-87H2,1-5H3/p+1/b10-8-,16-14-,22-20-,27-25-,28-26-. The Morgan fingerprint density at radius 3 is 0.860 bits per heavy atom. The molecule has 0 saturated heterocycles. The van der Waals surface area contributed by atoms with Crippen LogP contribution < -0.4 is 0 Å². The molecule has 0 rings (SSSR count). The van der Waals surface area contributed by atoms with Gasteiger partial charge in [-0.3, -0.25) is 18.6 Å². The Morgan fingerprint density at radius 2 is 0.570 bits per heavy atom. The number of unbranched alkanes of at least 4 members (excludes halogenated alkanes) is 59. The maximum atomic E-state index is 12.9. The minimum Gasteiger partial charge on any atom is -0.462 e. The van der Waals surface area contributed by atoms with Crippen LogP contribution in [0.4, 0.5) is 0 Å². The molecule has 9 nitrogen and oxygen atoms in total. The second kappa shape index (κ2) is 80.8. The van der Waals surface area contributed by atoms with E-state index in [4.69, 9.17) is 18.5 Å². The lowest BCUT2D eigenvalue weighted by Gasteiger charge is -2.24. The maximum Gasteiger partial charge on any atom is 0.472 e. The van der Waals surface area contributed by atoms with Crippen molar-refractivity contribution in [3.63, 3.8) is 0 Å². The lowest BCUT2D eigenvalue weighted by Crippen LogP contribution is -2.37. The highest BCUT2D eigenvalue weighted by atomic mass is 31.2. The van der Waals surface area contributed by atoms with Crippen molar-refractivity contribution in [1.29, 1.82) is 0 Å². The number of phosphoric acid groups is 1. The van der Waals surface area contributed by atoms with E-state index >= 15 is 0 Å². The number of phosphoric ester groups is 1. The zero-order chi connectivity index (χ0) is 72.5. The molecule has 0 amide bonds. The number of allylic oxidation sites excluding steroid dienone is 10. The van der Waals surface area contributed by atoms with Crippen molar-refractivity contribution in [2.45, 2.75) is 457 Å². The molecule has 0 fully saturated rings. The van der Waals surface area contributed by atoms with Gasteiger partial charge in [0.2, 0.25) is 0 Å². The largest absolute Gasteiger partial charge is 0.472 e. The molecule has 0 radical (unpaired) electrons. The third kappa shape index (κ3) is 84.6. The van der Waals surface area contributed by atoms with E-state index in [2.05, 4.69) is 74.6 Å². The molecular formula is C90H171NO8P+. The van der Waals surface area contributed by atoms with Gasteiger partial charge in [0, 0.05) is 12.8 Å². The van der Waals surface area contributed by atoms with E-state index < -0.39 is 26.5 Å². The summed E-state index contributed by atoms with van der Waals surface area (Å²) in [4.78, 5) is 36.1. The van der Waals surface area contributed by atoms with E-state index in [-0.39, 0.29) is 25.6 Å². The molecule has 0 aliphatic carbocycles. The van der Waals surface area contributed by atoms with Gasteiger partial charge < -0.3 is 18.9 Å². The first-order valence-electron chi connectivity index (χ1n) is 44.0. The normalized spacial score (nSPS) is 13.2. The average Bonchev–Trinajstić information content (AvgIpc) is 1.30. The monoisotopic (exact) mass is 1430 g/mol. The smallest absolute Gasteiger partial charge is 0.462 e. The van der Waals surface area contributed by atoms with Crippen molar-refractivity contribution < 1.29 is 42.1 Å². The van der Waals surface area contributed by atoms with E-state index in [0.29, 0.717) is 23.9 Å². The van der Waals surface area contributed by atoms with Crippen LogP contribution in [0.15, 0.2) is 60.8 Å². The molecule has 2 unspecified atom stereocenters. The second-order valence-corrected chi connectivity index (χ2v) is 32.7. The average molecular weight is 1430 g/mol. The molecule has 0 saturated carbocycles. The summed E-state index contributed by atoms with van der Waals surface area (Å²) in [5.74, 6) is -0.769. The van der Waals surface area contributed by atoms with Crippen LogP contribution >= 0.6 is 7.82 Å². The van der Waals surface area contributed by atoms with E-state index in [1.807, 2.05) is 21.1 Å². The van der Waals surface area contributed by atoms with Gasteiger partial charge in [-0.1, -0.05) is 421 Å². The van der Waals surface area contributed by atoms with Crippen LogP contribution in [0.2, 0.25) is 0 Å². The van der Waals surface area contributed by atoms with Crippen LogP contribution in [0.5, 0.6) is 0 Å². The van der Waals surface area contributed by atoms with E-state index in [1.165, 1.54) is 360 Å². The van der Waals surface area contributed by atoms with Gasteiger partial charge in [-0.15, -0.1) is 0 Å². The first kappa shape index (κ1) is 97.7. The van der Waals surface area contributed by atoms with Gasteiger partial charge in [0.15, 0.2) is 6.10 Å². The fourth-order valence-electron chi connectivity index (χ4n) is 13.4. The third-order valence-corrected chi connectivity index (χ3v) is 21.0. The van der Waals surface area contributed by atoms with Gasteiger partial charge in [-0.2, -0.15) is 0 Å². The topological polar surface area (TPSA) is 108 Å². The Hall–Kier alpha value is -2.29. The number of ether oxygens (including phenoxy) is 2. The molecule has 1 N–H and O–H groups in total. The highest BCUT2D eigenvalue weighted by molar-refractivity contribution is 7.47. The van der Waals surface area contributed by atoms with E-state index in [1.54, 1.807) is 0 Å². The molecule has 0 aliphatic heterocycles. The fraction of sp³-hybridized carbons (Fsp3) is 0.867. The number of carbonyl (C=O) groups is 2. The Kier molecular flexibility index (Phi) is 78.9. The highest BCUT2D eigenvalue weighted by Gasteiger charge is 2.27. The highest BCUT2D eigenvalue weighted by Crippen LogP contribution is 2.43. The molecule has 2 atom stereocenters. The van der Waals surface area contributed by atoms with E-state index in [0.717, 1.165) is 57.8 Å². The van der Waals surface area contributed by atoms with Crippen molar-refractivity contribution in [1.82, 2.24) is 0 Å². The second-order valence-electron chi connectivity index (χ2n) is 31.3. The lowest BCUT2D eigenvalue weighted by atomic mass is 10.0. The molecule has 0 aromatic carbocycles. The summed E-state index contributed by atoms with van der Waals surface area (Å²) in [5, 5.41) is 0. The number of carbonyl (C=O) groups excluding carboxylic acids is 2. The summed E-state index contributed by atoms with van der Waals surface area (Å²) in [6, 6.07) is 0. The van der Waals surface area contributed by atoms with Crippen LogP contribution in [0, 0.1) is 0 Å². The van der Waals surface area contributed by atoms with Crippen molar-refractivity contribution in [3.8, 4) is 0 Å². The fourth-order valence-corrected chi connectivity index (χ4v) is 14.1. The molecule has 0 bridgehead atoms. The van der Waals surface area contributed by atoms with Gasteiger partial charge in [-0.25, -0.2) is 4.57 Å². The first-order valence-corrected chi connectivity index (χ1v) is 45.5. The maximum absolute atomic E-state index is 12.9.